The maximum Gasteiger partial charge on any atom is 0.182 e. The number of ether oxygens (including phenoxy) is 1. The topological polar surface area (TPSA) is 29.5 Å². The largest absolute Gasteiger partial charge is 0.379 e. The molecule has 1 aliphatic rings. The highest BCUT2D eigenvalue weighted by atomic mass is 35.5. The highest BCUT2D eigenvalue weighted by Crippen LogP contribution is 2.26. The van der Waals surface area contributed by atoms with E-state index in [-0.39, 0.29) is 5.78 Å². The van der Waals surface area contributed by atoms with Crippen molar-refractivity contribution in [2.75, 3.05) is 26.3 Å². The molecule has 0 bridgehead atoms. The van der Waals surface area contributed by atoms with Crippen LogP contribution in [0.15, 0.2) is 24.3 Å². The monoisotopic (exact) mass is 281 g/mol. The van der Waals surface area contributed by atoms with Crippen molar-refractivity contribution in [1.82, 2.24) is 4.90 Å². The van der Waals surface area contributed by atoms with E-state index in [0.29, 0.717) is 23.8 Å². The first-order valence-corrected chi connectivity index (χ1v) is 7.09. The van der Waals surface area contributed by atoms with Crippen molar-refractivity contribution in [2.24, 2.45) is 0 Å². The van der Waals surface area contributed by atoms with E-state index in [4.69, 9.17) is 16.3 Å². The lowest BCUT2D eigenvalue weighted by Gasteiger charge is -2.41. The third kappa shape index (κ3) is 2.99. The summed E-state index contributed by atoms with van der Waals surface area (Å²) in [6.07, 6.45) is 0.776. The van der Waals surface area contributed by atoms with Gasteiger partial charge in [0, 0.05) is 23.7 Å². The number of benzene rings is 1. The average molecular weight is 282 g/mol. The van der Waals surface area contributed by atoms with Gasteiger partial charge in [0.1, 0.15) is 0 Å². The first-order chi connectivity index (χ1) is 9.08. The van der Waals surface area contributed by atoms with E-state index < -0.39 is 5.54 Å². The van der Waals surface area contributed by atoms with Crippen LogP contribution < -0.4 is 0 Å². The van der Waals surface area contributed by atoms with E-state index in [1.54, 1.807) is 12.1 Å². The van der Waals surface area contributed by atoms with E-state index >= 15 is 0 Å². The zero-order valence-electron chi connectivity index (χ0n) is 11.5. The molecule has 4 heteroatoms. The predicted octanol–water partition coefficient (Wildman–Crippen LogP) is 3.02. The van der Waals surface area contributed by atoms with Gasteiger partial charge in [-0.25, -0.2) is 0 Å². The second kappa shape index (κ2) is 6.04. The first-order valence-electron chi connectivity index (χ1n) is 6.71. The van der Waals surface area contributed by atoms with Gasteiger partial charge in [0.15, 0.2) is 5.78 Å². The number of morpholine rings is 1. The fourth-order valence-electron chi connectivity index (χ4n) is 2.53. The normalized spacial score (nSPS) is 19.9. The molecular formula is C15H20ClNO2. The summed E-state index contributed by atoms with van der Waals surface area (Å²) in [5, 5.41) is 0.603. The van der Waals surface area contributed by atoms with Gasteiger partial charge in [-0.3, -0.25) is 9.69 Å². The molecule has 1 fully saturated rings. The Labute approximate surface area is 119 Å². The molecule has 0 radical (unpaired) electrons. The molecule has 2 rings (SSSR count). The van der Waals surface area contributed by atoms with Gasteiger partial charge in [0.25, 0.3) is 0 Å². The lowest BCUT2D eigenvalue weighted by atomic mass is 9.86. The number of Topliss-reactive ketones (excluding diaryl/α,β-unsaturated/α-hetero) is 1. The summed E-state index contributed by atoms with van der Waals surface area (Å²) in [6.45, 7) is 7.06. The molecule has 1 aliphatic heterocycles. The summed E-state index contributed by atoms with van der Waals surface area (Å²) in [6, 6.07) is 7.20. The summed E-state index contributed by atoms with van der Waals surface area (Å²) in [7, 11) is 0. The van der Waals surface area contributed by atoms with Crippen LogP contribution in [0, 0.1) is 0 Å². The van der Waals surface area contributed by atoms with Gasteiger partial charge >= 0.3 is 0 Å². The Morgan fingerprint density at radius 2 is 2.11 bits per heavy atom. The Bertz CT molecular complexity index is 457. The maximum atomic E-state index is 12.8. The van der Waals surface area contributed by atoms with Gasteiger partial charge in [-0.1, -0.05) is 30.7 Å². The zero-order chi connectivity index (χ0) is 13.9. The summed E-state index contributed by atoms with van der Waals surface area (Å²) >= 11 is 5.98. The zero-order valence-corrected chi connectivity index (χ0v) is 12.2. The fraction of sp³-hybridized carbons (Fsp3) is 0.533. The van der Waals surface area contributed by atoms with E-state index in [1.807, 2.05) is 19.1 Å². The van der Waals surface area contributed by atoms with Crippen LogP contribution in [-0.4, -0.2) is 42.5 Å². The Hall–Kier alpha value is -0.900. The molecule has 1 unspecified atom stereocenters. The molecule has 0 spiro atoms. The molecule has 1 heterocycles. The minimum Gasteiger partial charge on any atom is -0.379 e. The van der Waals surface area contributed by atoms with Crippen LogP contribution >= 0.6 is 11.6 Å². The second-order valence-electron chi connectivity index (χ2n) is 5.07. The van der Waals surface area contributed by atoms with Crippen LogP contribution in [0.1, 0.15) is 30.6 Å². The van der Waals surface area contributed by atoms with Gasteiger partial charge < -0.3 is 4.74 Å². The van der Waals surface area contributed by atoms with Crippen molar-refractivity contribution < 1.29 is 9.53 Å². The van der Waals surface area contributed by atoms with Crippen LogP contribution in [0.4, 0.5) is 0 Å². The fourth-order valence-corrected chi connectivity index (χ4v) is 2.72. The van der Waals surface area contributed by atoms with E-state index in [1.165, 1.54) is 0 Å². The third-order valence-corrected chi connectivity index (χ3v) is 4.21. The van der Waals surface area contributed by atoms with Crippen LogP contribution in [0.25, 0.3) is 0 Å². The second-order valence-corrected chi connectivity index (χ2v) is 5.50. The molecule has 1 aromatic carbocycles. The Balaban J connectivity index is 2.26. The van der Waals surface area contributed by atoms with Gasteiger partial charge in [-0.05, 0) is 25.5 Å². The molecule has 0 aromatic heterocycles. The highest BCUT2D eigenvalue weighted by Gasteiger charge is 2.38. The van der Waals surface area contributed by atoms with Crippen molar-refractivity contribution in [1.29, 1.82) is 0 Å². The van der Waals surface area contributed by atoms with E-state index in [2.05, 4.69) is 11.8 Å². The summed E-state index contributed by atoms with van der Waals surface area (Å²) in [4.78, 5) is 15.0. The maximum absolute atomic E-state index is 12.8. The van der Waals surface area contributed by atoms with Crippen molar-refractivity contribution in [3.8, 4) is 0 Å². The quantitative estimate of drug-likeness (QED) is 0.795. The summed E-state index contributed by atoms with van der Waals surface area (Å²) in [5.74, 6) is 0.138. The molecule has 0 aliphatic carbocycles. The number of halogens is 1. The van der Waals surface area contributed by atoms with Crippen molar-refractivity contribution >= 4 is 17.4 Å². The molecule has 1 saturated heterocycles. The van der Waals surface area contributed by atoms with Gasteiger partial charge in [0.2, 0.25) is 0 Å². The van der Waals surface area contributed by atoms with E-state index in [0.717, 1.165) is 19.5 Å². The predicted molar refractivity (Wildman–Crippen MR) is 76.9 cm³/mol. The Kier molecular flexibility index (Phi) is 4.61. The minimum absolute atomic E-state index is 0.138. The van der Waals surface area contributed by atoms with Gasteiger partial charge in [-0.2, -0.15) is 0 Å². The third-order valence-electron chi connectivity index (χ3n) is 3.97. The van der Waals surface area contributed by atoms with Gasteiger partial charge in [0.05, 0.1) is 18.8 Å². The number of carbonyl (C=O) groups excluding carboxylic acids is 1. The lowest BCUT2D eigenvalue weighted by molar-refractivity contribution is -0.0106. The number of ketones is 1. The first kappa shape index (κ1) is 14.5. The van der Waals surface area contributed by atoms with Gasteiger partial charge in [-0.15, -0.1) is 0 Å². The van der Waals surface area contributed by atoms with Crippen molar-refractivity contribution in [3.05, 3.63) is 34.9 Å². The molecule has 1 atom stereocenters. The molecule has 0 amide bonds. The van der Waals surface area contributed by atoms with Crippen LogP contribution in [-0.2, 0) is 4.74 Å². The lowest BCUT2D eigenvalue weighted by Crippen LogP contribution is -2.56. The van der Waals surface area contributed by atoms with Crippen LogP contribution in [0.2, 0.25) is 5.02 Å². The molecule has 104 valence electrons. The highest BCUT2D eigenvalue weighted by molar-refractivity contribution is 6.31. The number of hydrogen-bond donors (Lipinski definition) is 0. The molecule has 0 saturated carbocycles. The minimum atomic E-state index is -0.478. The van der Waals surface area contributed by atoms with Crippen LogP contribution in [0.5, 0.6) is 0 Å². The van der Waals surface area contributed by atoms with E-state index in [9.17, 15) is 4.79 Å². The number of nitrogens with zero attached hydrogens (tertiary/aromatic N) is 1. The molecule has 0 N–H and O–H groups in total. The number of hydrogen-bond acceptors (Lipinski definition) is 3. The standard InChI is InChI=1S/C15H20ClNO2/c1-3-15(2,17-7-9-19-10-8-17)14(18)12-5-4-6-13(16)11-12/h4-6,11H,3,7-10H2,1-2H3. The SMILES string of the molecule is CCC(C)(C(=O)c1cccc(Cl)c1)N1CCOCC1. The smallest absolute Gasteiger partial charge is 0.182 e. The Morgan fingerprint density at radius 1 is 1.42 bits per heavy atom. The van der Waals surface area contributed by atoms with Crippen LogP contribution in [0.3, 0.4) is 0 Å². The molecule has 19 heavy (non-hydrogen) atoms. The Morgan fingerprint density at radius 3 is 2.68 bits per heavy atom. The molecule has 3 nitrogen and oxygen atoms in total. The molecular weight excluding hydrogens is 262 g/mol. The molecule has 1 aromatic rings. The number of rotatable bonds is 4. The summed E-state index contributed by atoms with van der Waals surface area (Å²) < 4.78 is 5.37. The van der Waals surface area contributed by atoms with Crippen molar-refractivity contribution in [3.63, 3.8) is 0 Å². The number of carbonyl (C=O) groups is 1. The summed E-state index contributed by atoms with van der Waals surface area (Å²) in [5.41, 5.74) is 0.206. The average Bonchev–Trinajstić information content (AvgIpc) is 2.46. The van der Waals surface area contributed by atoms with Crippen molar-refractivity contribution in [2.45, 2.75) is 25.8 Å².